The van der Waals surface area contributed by atoms with E-state index in [1.54, 1.807) is 64.5 Å². The summed E-state index contributed by atoms with van der Waals surface area (Å²) in [6.07, 6.45) is 3.48. The van der Waals surface area contributed by atoms with Gasteiger partial charge < -0.3 is 9.64 Å². The topological polar surface area (TPSA) is 79.8 Å². The fourth-order valence-electron chi connectivity index (χ4n) is 3.10. The zero-order chi connectivity index (χ0) is 19.8. The van der Waals surface area contributed by atoms with E-state index >= 15 is 0 Å². The van der Waals surface area contributed by atoms with Crippen molar-refractivity contribution in [2.45, 2.75) is 43.7 Å². The van der Waals surface area contributed by atoms with E-state index < -0.39 is 21.7 Å². The first-order valence-electron chi connectivity index (χ1n) is 8.88. The van der Waals surface area contributed by atoms with Crippen LogP contribution in [0.25, 0.3) is 10.8 Å². The molecule has 0 N–H and O–H groups in total. The number of rotatable bonds is 3. The Morgan fingerprint density at radius 2 is 2.00 bits per heavy atom. The fraction of sp³-hybridized carbons (Fsp3) is 0.474. The van der Waals surface area contributed by atoms with Crippen molar-refractivity contribution in [2.24, 2.45) is 0 Å². The molecule has 1 atom stereocenters. The lowest BCUT2D eigenvalue weighted by Gasteiger charge is -2.28. The molecule has 1 saturated heterocycles. The van der Waals surface area contributed by atoms with Crippen LogP contribution in [0.3, 0.4) is 0 Å². The zero-order valence-electron chi connectivity index (χ0n) is 16.0. The Morgan fingerprint density at radius 3 is 2.70 bits per heavy atom. The lowest BCUT2D eigenvalue weighted by molar-refractivity contribution is 0.0233. The molecule has 7 nitrogen and oxygen atoms in total. The number of carbonyl (C=O) groups is 1. The number of amides is 1. The van der Waals surface area contributed by atoms with Crippen molar-refractivity contribution in [3.05, 3.63) is 36.7 Å². The summed E-state index contributed by atoms with van der Waals surface area (Å²) < 4.78 is 32.9. The van der Waals surface area contributed by atoms with Gasteiger partial charge in [0.25, 0.3) is 0 Å². The molecule has 1 aliphatic rings. The molecule has 0 radical (unpaired) electrons. The third-order valence-corrected chi connectivity index (χ3v) is 6.47. The van der Waals surface area contributed by atoms with E-state index in [4.69, 9.17) is 4.74 Å². The minimum Gasteiger partial charge on any atom is -0.444 e. The van der Waals surface area contributed by atoms with Crippen molar-refractivity contribution in [3.8, 4) is 0 Å². The summed E-state index contributed by atoms with van der Waals surface area (Å²) in [6, 6.07) is 6.61. The van der Waals surface area contributed by atoms with Gasteiger partial charge in [-0.2, -0.15) is 4.31 Å². The predicted molar refractivity (Wildman–Crippen MR) is 103 cm³/mol. The summed E-state index contributed by atoms with van der Waals surface area (Å²) in [7, 11) is -1.97. The van der Waals surface area contributed by atoms with Gasteiger partial charge in [0.1, 0.15) is 5.60 Å². The van der Waals surface area contributed by atoms with E-state index in [1.165, 1.54) is 9.21 Å². The number of nitrogens with zero attached hydrogens (tertiary/aromatic N) is 3. The van der Waals surface area contributed by atoms with Gasteiger partial charge in [-0.15, -0.1) is 0 Å². The summed E-state index contributed by atoms with van der Waals surface area (Å²) in [5.41, 5.74) is -0.588. The van der Waals surface area contributed by atoms with E-state index in [0.29, 0.717) is 13.0 Å². The first kappa shape index (κ1) is 19.6. The number of fused-ring (bicyclic) bond motifs is 1. The number of sulfonamides is 1. The van der Waals surface area contributed by atoms with Gasteiger partial charge in [-0.25, -0.2) is 13.2 Å². The quantitative estimate of drug-likeness (QED) is 0.804. The number of likely N-dealkylation sites (N-methyl/N-ethyl adjacent to an activating group) is 1. The predicted octanol–water partition coefficient (Wildman–Crippen LogP) is 2.86. The zero-order valence-corrected chi connectivity index (χ0v) is 16.9. The molecular weight excluding hydrogens is 366 g/mol. The monoisotopic (exact) mass is 391 g/mol. The lowest BCUT2D eigenvalue weighted by Crippen LogP contribution is -2.42. The molecule has 146 valence electrons. The third kappa shape index (κ3) is 4.22. The molecule has 8 heteroatoms. The highest BCUT2D eigenvalue weighted by Gasteiger charge is 2.36. The van der Waals surface area contributed by atoms with Crippen molar-refractivity contribution in [1.82, 2.24) is 14.2 Å². The molecule has 0 saturated carbocycles. The number of carbonyl (C=O) groups excluding carboxylic acids is 1. The molecule has 0 bridgehead atoms. The minimum atomic E-state index is -3.62. The van der Waals surface area contributed by atoms with Gasteiger partial charge in [0.2, 0.25) is 10.0 Å². The largest absolute Gasteiger partial charge is 0.444 e. The van der Waals surface area contributed by atoms with E-state index in [2.05, 4.69) is 4.98 Å². The molecular formula is C19H25N3O4S. The van der Waals surface area contributed by atoms with Gasteiger partial charge in [-0.05, 0) is 50.8 Å². The standard InChI is InChI=1S/C19H25N3O4S/c1-19(2,3)26-18(23)21(4)16-8-10-22(13-16)27(24,25)17-6-5-15-12-20-9-7-14(15)11-17/h5-7,9,11-12,16H,8,10,13H2,1-4H3. The lowest BCUT2D eigenvalue weighted by atomic mass is 10.2. The number of hydrogen-bond acceptors (Lipinski definition) is 5. The molecule has 2 heterocycles. The fourth-order valence-corrected chi connectivity index (χ4v) is 4.63. The van der Waals surface area contributed by atoms with Gasteiger partial charge in [-0.3, -0.25) is 4.98 Å². The van der Waals surface area contributed by atoms with E-state index in [9.17, 15) is 13.2 Å². The normalized spacial score (nSPS) is 18.6. The molecule has 2 aromatic rings. The van der Waals surface area contributed by atoms with Crippen molar-refractivity contribution in [2.75, 3.05) is 20.1 Å². The first-order valence-corrected chi connectivity index (χ1v) is 10.3. The molecule has 0 aliphatic carbocycles. The van der Waals surface area contributed by atoms with Crippen LogP contribution >= 0.6 is 0 Å². The molecule has 27 heavy (non-hydrogen) atoms. The Hall–Kier alpha value is -2.19. The highest BCUT2D eigenvalue weighted by molar-refractivity contribution is 7.89. The van der Waals surface area contributed by atoms with Crippen LogP contribution in [0.5, 0.6) is 0 Å². The van der Waals surface area contributed by atoms with Crippen LogP contribution in [-0.4, -0.2) is 60.5 Å². The second-order valence-corrected chi connectivity index (χ2v) is 9.72. The van der Waals surface area contributed by atoms with Crippen LogP contribution in [-0.2, 0) is 14.8 Å². The second kappa shape index (κ2) is 7.09. The van der Waals surface area contributed by atoms with Crippen LogP contribution in [0.15, 0.2) is 41.6 Å². The van der Waals surface area contributed by atoms with Gasteiger partial charge in [0.15, 0.2) is 0 Å². The number of hydrogen-bond donors (Lipinski definition) is 0. The third-order valence-electron chi connectivity index (χ3n) is 4.61. The molecule has 3 rings (SSSR count). The average Bonchev–Trinajstić information content (AvgIpc) is 3.10. The number of ether oxygens (including phenoxy) is 1. The summed E-state index contributed by atoms with van der Waals surface area (Å²) >= 11 is 0. The Balaban J connectivity index is 1.75. The van der Waals surface area contributed by atoms with E-state index in [1.807, 2.05) is 0 Å². The molecule has 1 aliphatic heterocycles. The summed E-state index contributed by atoms with van der Waals surface area (Å²) in [5, 5.41) is 1.72. The van der Waals surface area contributed by atoms with Crippen LogP contribution < -0.4 is 0 Å². The Kier molecular flexibility index (Phi) is 5.14. The highest BCUT2D eigenvalue weighted by Crippen LogP contribution is 2.26. The van der Waals surface area contributed by atoms with Crippen molar-refractivity contribution < 1.29 is 17.9 Å². The Morgan fingerprint density at radius 1 is 1.26 bits per heavy atom. The van der Waals surface area contributed by atoms with Gasteiger partial charge >= 0.3 is 6.09 Å². The maximum absolute atomic E-state index is 13.0. The van der Waals surface area contributed by atoms with Gasteiger partial charge in [0, 0.05) is 44.0 Å². The van der Waals surface area contributed by atoms with Gasteiger partial charge in [0.05, 0.1) is 4.90 Å². The molecule has 1 aromatic heterocycles. The SMILES string of the molecule is CN(C(=O)OC(C)(C)C)C1CCN(S(=O)(=O)c2ccc3cnccc3c2)C1. The van der Waals surface area contributed by atoms with Crippen molar-refractivity contribution in [1.29, 1.82) is 0 Å². The summed E-state index contributed by atoms with van der Waals surface area (Å²) in [4.78, 5) is 18.0. The average molecular weight is 391 g/mol. The highest BCUT2D eigenvalue weighted by atomic mass is 32.2. The van der Waals surface area contributed by atoms with Crippen LogP contribution in [0, 0.1) is 0 Å². The molecule has 1 aromatic carbocycles. The molecule has 1 amide bonds. The molecule has 1 fully saturated rings. The van der Waals surface area contributed by atoms with Crippen molar-refractivity contribution in [3.63, 3.8) is 0 Å². The Labute approximate surface area is 160 Å². The molecule has 0 spiro atoms. The second-order valence-electron chi connectivity index (χ2n) is 7.78. The van der Waals surface area contributed by atoms with Crippen LogP contribution in [0.4, 0.5) is 4.79 Å². The Bertz CT molecular complexity index is 953. The maximum atomic E-state index is 13.0. The number of benzene rings is 1. The minimum absolute atomic E-state index is 0.209. The van der Waals surface area contributed by atoms with Crippen LogP contribution in [0.1, 0.15) is 27.2 Å². The van der Waals surface area contributed by atoms with Gasteiger partial charge in [-0.1, -0.05) is 6.07 Å². The van der Waals surface area contributed by atoms with E-state index in [0.717, 1.165) is 10.8 Å². The van der Waals surface area contributed by atoms with Crippen LogP contribution in [0.2, 0.25) is 0 Å². The summed E-state index contributed by atoms with van der Waals surface area (Å²) in [5.74, 6) is 0. The maximum Gasteiger partial charge on any atom is 0.410 e. The van der Waals surface area contributed by atoms with E-state index in [-0.39, 0.29) is 17.5 Å². The molecule has 1 unspecified atom stereocenters. The van der Waals surface area contributed by atoms with Crippen molar-refractivity contribution >= 4 is 26.9 Å². The number of pyridine rings is 1. The first-order chi connectivity index (χ1) is 12.6. The summed E-state index contributed by atoms with van der Waals surface area (Å²) in [6.45, 7) is 6.04. The smallest absolute Gasteiger partial charge is 0.410 e. The number of aromatic nitrogens is 1.